The zero-order valence-corrected chi connectivity index (χ0v) is 12.2. The molecule has 1 fully saturated rings. The largest absolute Gasteiger partial charge is 0.423 e. The SMILES string of the molecule is CN1CCC(CN(C)c2nc3cc(N)ccc3o2)CC1. The first kappa shape index (κ1) is 13.2. The molecule has 0 radical (unpaired) electrons. The first-order valence-electron chi connectivity index (χ1n) is 7.17. The molecule has 0 saturated carbocycles. The van der Waals surface area contributed by atoms with Crippen molar-refractivity contribution < 1.29 is 4.42 Å². The fourth-order valence-electron chi connectivity index (χ4n) is 2.81. The van der Waals surface area contributed by atoms with Gasteiger partial charge in [-0.1, -0.05) is 0 Å². The van der Waals surface area contributed by atoms with Gasteiger partial charge in [-0.05, 0) is 57.1 Å². The van der Waals surface area contributed by atoms with Crippen molar-refractivity contribution in [3.05, 3.63) is 18.2 Å². The predicted octanol–water partition coefficient (Wildman–Crippen LogP) is 2.19. The Hall–Kier alpha value is -1.75. The van der Waals surface area contributed by atoms with Crippen LogP contribution < -0.4 is 10.6 Å². The number of aromatic nitrogens is 1. The van der Waals surface area contributed by atoms with E-state index in [1.54, 1.807) is 0 Å². The summed E-state index contributed by atoms with van der Waals surface area (Å²) in [6.45, 7) is 3.36. The lowest BCUT2D eigenvalue weighted by molar-refractivity contribution is 0.221. The third kappa shape index (κ3) is 2.72. The van der Waals surface area contributed by atoms with E-state index in [0.717, 1.165) is 29.2 Å². The molecule has 108 valence electrons. The molecule has 0 amide bonds. The molecule has 1 aliphatic heterocycles. The van der Waals surface area contributed by atoms with E-state index in [1.807, 2.05) is 25.2 Å². The lowest BCUT2D eigenvalue weighted by atomic mass is 9.97. The van der Waals surface area contributed by atoms with E-state index in [-0.39, 0.29) is 0 Å². The highest BCUT2D eigenvalue weighted by Crippen LogP contribution is 2.25. The van der Waals surface area contributed by atoms with Gasteiger partial charge >= 0.3 is 0 Å². The van der Waals surface area contributed by atoms with E-state index in [1.165, 1.54) is 25.9 Å². The van der Waals surface area contributed by atoms with Crippen LogP contribution in [-0.4, -0.2) is 43.6 Å². The second-order valence-corrected chi connectivity index (χ2v) is 5.85. The Morgan fingerprint density at radius 2 is 2.15 bits per heavy atom. The monoisotopic (exact) mass is 274 g/mol. The van der Waals surface area contributed by atoms with Gasteiger partial charge in [-0.3, -0.25) is 0 Å². The number of anilines is 2. The zero-order chi connectivity index (χ0) is 14.1. The van der Waals surface area contributed by atoms with Gasteiger partial charge in [0, 0.05) is 19.3 Å². The van der Waals surface area contributed by atoms with Crippen LogP contribution in [-0.2, 0) is 0 Å². The summed E-state index contributed by atoms with van der Waals surface area (Å²) in [7, 11) is 4.23. The highest BCUT2D eigenvalue weighted by Gasteiger charge is 2.20. The highest BCUT2D eigenvalue weighted by atomic mass is 16.4. The number of benzene rings is 1. The summed E-state index contributed by atoms with van der Waals surface area (Å²) in [6, 6.07) is 6.26. The lowest BCUT2D eigenvalue weighted by Gasteiger charge is -2.31. The number of rotatable bonds is 3. The summed E-state index contributed by atoms with van der Waals surface area (Å²) in [5.41, 5.74) is 8.11. The molecule has 1 aromatic heterocycles. The number of hydrogen-bond donors (Lipinski definition) is 1. The van der Waals surface area contributed by atoms with Gasteiger partial charge in [-0.15, -0.1) is 0 Å². The van der Waals surface area contributed by atoms with Crippen LogP contribution >= 0.6 is 0 Å². The Kier molecular flexibility index (Phi) is 3.53. The van der Waals surface area contributed by atoms with Gasteiger partial charge in [-0.2, -0.15) is 4.98 Å². The van der Waals surface area contributed by atoms with Crippen LogP contribution in [0.2, 0.25) is 0 Å². The van der Waals surface area contributed by atoms with E-state index in [4.69, 9.17) is 10.2 Å². The number of piperidine rings is 1. The van der Waals surface area contributed by atoms with E-state index in [0.29, 0.717) is 6.01 Å². The van der Waals surface area contributed by atoms with Gasteiger partial charge < -0.3 is 20.0 Å². The molecule has 5 heteroatoms. The Bertz CT molecular complexity index is 587. The first-order valence-corrected chi connectivity index (χ1v) is 7.17. The summed E-state index contributed by atoms with van der Waals surface area (Å²) >= 11 is 0. The van der Waals surface area contributed by atoms with Crippen molar-refractivity contribution in [2.24, 2.45) is 5.92 Å². The van der Waals surface area contributed by atoms with Gasteiger partial charge in [0.05, 0.1) is 0 Å². The average Bonchev–Trinajstić information content (AvgIpc) is 2.84. The summed E-state index contributed by atoms with van der Waals surface area (Å²) in [5.74, 6) is 0.719. The standard InChI is InChI=1S/C15H22N4O/c1-18-7-5-11(6-8-18)10-19(2)15-17-13-9-12(16)3-4-14(13)20-15/h3-4,9,11H,5-8,10,16H2,1-2H3. The van der Waals surface area contributed by atoms with Crippen LogP contribution in [0, 0.1) is 5.92 Å². The maximum Gasteiger partial charge on any atom is 0.298 e. The fraction of sp³-hybridized carbons (Fsp3) is 0.533. The lowest BCUT2D eigenvalue weighted by Crippen LogP contribution is -2.35. The third-order valence-electron chi connectivity index (χ3n) is 4.10. The maximum absolute atomic E-state index is 5.80. The normalized spacial score (nSPS) is 17.7. The molecule has 2 aromatic rings. The minimum Gasteiger partial charge on any atom is -0.423 e. The van der Waals surface area contributed by atoms with Gasteiger partial charge in [0.25, 0.3) is 6.01 Å². The van der Waals surface area contributed by atoms with Crippen molar-refractivity contribution in [1.82, 2.24) is 9.88 Å². The summed E-state index contributed by atoms with van der Waals surface area (Å²) in [5, 5.41) is 0. The van der Waals surface area contributed by atoms with E-state index in [9.17, 15) is 0 Å². The van der Waals surface area contributed by atoms with Gasteiger partial charge in [-0.25, -0.2) is 0 Å². The van der Waals surface area contributed by atoms with Crippen LogP contribution in [0.4, 0.5) is 11.7 Å². The topological polar surface area (TPSA) is 58.5 Å². The molecule has 1 aliphatic rings. The van der Waals surface area contributed by atoms with Gasteiger partial charge in [0.2, 0.25) is 0 Å². The van der Waals surface area contributed by atoms with Crippen molar-refractivity contribution in [3.63, 3.8) is 0 Å². The number of nitrogen functional groups attached to an aromatic ring is 1. The number of likely N-dealkylation sites (tertiary alicyclic amines) is 1. The molecule has 0 bridgehead atoms. The quantitative estimate of drug-likeness (QED) is 0.869. The molecule has 0 aliphatic carbocycles. The second kappa shape index (κ2) is 5.32. The Balaban J connectivity index is 1.70. The van der Waals surface area contributed by atoms with Gasteiger partial charge in [0.15, 0.2) is 5.58 Å². The van der Waals surface area contributed by atoms with Crippen molar-refractivity contribution in [2.45, 2.75) is 12.8 Å². The maximum atomic E-state index is 5.80. The van der Waals surface area contributed by atoms with E-state index >= 15 is 0 Å². The Morgan fingerprint density at radius 1 is 1.40 bits per heavy atom. The predicted molar refractivity (Wildman–Crippen MR) is 81.9 cm³/mol. The average molecular weight is 274 g/mol. The molecule has 1 aromatic carbocycles. The molecule has 3 rings (SSSR count). The van der Waals surface area contributed by atoms with Crippen molar-refractivity contribution in [1.29, 1.82) is 0 Å². The molecule has 1 saturated heterocycles. The van der Waals surface area contributed by atoms with Gasteiger partial charge in [0.1, 0.15) is 5.52 Å². The van der Waals surface area contributed by atoms with Crippen molar-refractivity contribution in [2.75, 3.05) is 44.4 Å². The van der Waals surface area contributed by atoms with Crippen molar-refractivity contribution >= 4 is 22.8 Å². The highest BCUT2D eigenvalue weighted by molar-refractivity contribution is 5.78. The first-order chi connectivity index (χ1) is 9.61. The smallest absolute Gasteiger partial charge is 0.298 e. The van der Waals surface area contributed by atoms with Crippen molar-refractivity contribution in [3.8, 4) is 0 Å². The number of nitrogens with zero attached hydrogens (tertiary/aromatic N) is 3. The minimum atomic E-state index is 0.685. The van der Waals surface area contributed by atoms with Crippen LogP contribution in [0.5, 0.6) is 0 Å². The summed E-state index contributed by atoms with van der Waals surface area (Å²) < 4.78 is 5.80. The number of fused-ring (bicyclic) bond motifs is 1. The van der Waals surface area contributed by atoms with Crippen LogP contribution in [0.1, 0.15) is 12.8 Å². The molecular weight excluding hydrogens is 252 g/mol. The summed E-state index contributed by atoms with van der Waals surface area (Å²) in [6.07, 6.45) is 2.49. The molecule has 0 unspecified atom stereocenters. The summed E-state index contributed by atoms with van der Waals surface area (Å²) in [4.78, 5) is 9.03. The molecule has 0 atom stereocenters. The molecule has 2 heterocycles. The fourth-order valence-corrected chi connectivity index (χ4v) is 2.81. The molecule has 2 N–H and O–H groups in total. The molecule has 5 nitrogen and oxygen atoms in total. The van der Waals surface area contributed by atoms with E-state index < -0.39 is 0 Å². The zero-order valence-electron chi connectivity index (χ0n) is 12.2. The third-order valence-corrected chi connectivity index (χ3v) is 4.10. The van der Waals surface area contributed by atoms with E-state index in [2.05, 4.69) is 21.8 Å². The molecule has 20 heavy (non-hydrogen) atoms. The Labute approximate surface area is 119 Å². The number of oxazole rings is 1. The number of nitrogens with two attached hydrogens (primary N) is 1. The van der Waals surface area contributed by atoms with Crippen LogP contribution in [0.3, 0.4) is 0 Å². The minimum absolute atomic E-state index is 0.685. The van der Waals surface area contributed by atoms with Crippen LogP contribution in [0.15, 0.2) is 22.6 Å². The second-order valence-electron chi connectivity index (χ2n) is 5.85. The molecule has 0 spiro atoms. The Morgan fingerprint density at radius 3 is 2.90 bits per heavy atom. The van der Waals surface area contributed by atoms with Crippen LogP contribution in [0.25, 0.3) is 11.1 Å². The number of hydrogen-bond acceptors (Lipinski definition) is 5. The molecular formula is C15H22N4O.